The molecule has 0 saturated carbocycles. The highest BCUT2D eigenvalue weighted by Crippen LogP contribution is 2.20. The van der Waals surface area contributed by atoms with Gasteiger partial charge in [-0.25, -0.2) is 0 Å². The summed E-state index contributed by atoms with van der Waals surface area (Å²) in [6, 6.07) is 7.95. The molecule has 0 aliphatic heterocycles. The fourth-order valence-electron chi connectivity index (χ4n) is 1.21. The summed E-state index contributed by atoms with van der Waals surface area (Å²) < 4.78 is 5.23. The van der Waals surface area contributed by atoms with E-state index in [-0.39, 0.29) is 0 Å². The second-order valence-electron chi connectivity index (χ2n) is 3.25. The summed E-state index contributed by atoms with van der Waals surface area (Å²) in [4.78, 5) is 1.22. The third-order valence-corrected chi connectivity index (χ3v) is 3.20. The third-order valence-electron chi connectivity index (χ3n) is 1.97. The Hall–Kier alpha value is -0.220. The van der Waals surface area contributed by atoms with Crippen molar-refractivity contribution in [2.45, 2.75) is 11.8 Å². The molecule has 1 N–H and O–H groups in total. The Morgan fingerprint density at radius 2 is 2.25 bits per heavy atom. The zero-order chi connectivity index (χ0) is 11.6. The molecule has 0 bridgehead atoms. The minimum atomic E-state index is 0.790. The van der Waals surface area contributed by atoms with Gasteiger partial charge in [0, 0.05) is 35.4 Å². The highest BCUT2D eigenvalue weighted by Gasteiger charge is 1.94. The largest absolute Gasteiger partial charge is 0.380 e. The predicted molar refractivity (Wildman–Crippen MR) is 71.5 cm³/mol. The molecule has 0 radical (unpaired) electrons. The lowest BCUT2D eigenvalue weighted by molar-refractivity contribution is 0.150. The van der Waals surface area contributed by atoms with E-state index in [9.17, 15) is 0 Å². The minimum Gasteiger partial charge on any atom is -0.380 e. The van der Waals surface area contributed by atoms with E-state index >= 15 is 0 Å². The zero-order valence-corrected chi connectivity index (χ0v) is 11.1. The van der Waals surface area contributed by atoms with Crippen LogP contribution in [-0.4, -0.2) is 32.1 Å². The van der Waals surface area contributed by atoms with Gasteiger partial charge in [0.05, 0.1) is 6.61 Å². The number of rotatable bonds is 8. The van der Waals surface area contributed by atoms with Crippen LogP contribution in [0, 0.1) is 0 Å². The van der Waals surface area contributed by atoms with Crippen LogP contribution in [0.1, 0.15) is 6.92 Å². The van der Waals surface area contributed by atoms with Crippen LogP contribution in [0.15, 0.2) is 29.2 Å². The summed E-state index contributed by atoms with van der Waals surface area (Å²) >= 11 is 7.71. The van der Waals surface area contributed by atoms with Gasteiger partial charge in [-0.15, -0.1) is 11.8 Å². The molecule has 16 heavy (non-hydrogen) atoms. The van der Waals surface area contributed by atoms with Gasteiger partial charge in [-0.2, -0.15) is 0 Å². The van der Waals surface area contributed by atoms with Crippen molar-refractivity contribution in [1.29, 1.82) is 0 Å². The van der Waals surface area contributed by atoms with E-state index in [1.54, 1.807) is 0 Å². The molecule has 0 aromatic heterocycles. The second kappa shape index (κ2) is 8.88. The van der Waals surface area contributed by atoms with Gasteiger partial charge in [0.1, 0.15) is 0 Å². The number of nitrogens with one attached hydrogen (secondary N) is 1. The van der Waals surface area contributed by atoms with E-state index in [2.05, 4.69) is 11.4 Å². The number of ether oxygens (including phenoxy) is 1. The fraction of sp³-hybridized carbons (Fsp3) is 0.500. The van der Waals surface area contributed by atoms with Crippen molar-refractivity contribution in [3.63, 3.8) is 0 Å². The Morgan fingerprint density at radius 1 is 1.38 bits per heavy atom. The van der Waals surface area contributed by atoms with E-state index in [4.69, 9.17) is 16.3 Å². The summed E-state index contributed by atoms with van der Waals surface area (Å²) in [5.41, 5.74) is 0. The molecule has 0 aliphatic carbocycles. The van der Waals surface area contributed by atoms with Crippen molar-refractivity contribution in [1.82, 2.24) is 5.32 Å². The molecule has 0 amide bonds. The Bertz CT molecular complexity index is 296. The zero-order valence-electron chi connectivity index (χ0n) is 9.54. The first-order valence-electron chi connectivity index (χ1n) is 5.49. The summed E-state index contributed by atoms with van der Waals surface area (Å²) in [6.45, 7) is 5.50. The van der Waals surface area contributed by atoms with Crippen molar-refractivity contribution in [3.8, 4) is 0 Å². The highest BCUT2D eigenvalue weighted by atomic mass is 35.5. The lowest BCUT2D eigenvalue weighted by Gasteiger charge is -2.05. The van der Waals surface area contributed by atoms with Crippen molar-refractivity contribution >= 4 is 23.4 Å². The molecule has 0 atom stereocenters. The number of thioether (sulfide) groups is 1. The standard InChI is InChI=1S/C12H18ClNOS/c1-2-15-8-6-14-7-9-16-12-5-3-4-11(13)10-12/h3-5,10,14H,2,6-9H2,1H3. The maximum atomic E-state index is 5.90. The van der Waals surface area contributed by atoms with Crippen LogP contribution < -0.4 is 5.32 Å². The maximum Gasteiger partial charge on any atom is 0.0590 e. The highest BCUT2D eigenvalue weighted by molar-refractivity contribution is 7.99. The van der Waals surface area contributed by atoms with E-state index < -0.39 is 0 Å². The Morgan fingerprint density at radius 3 is 3.00 bits per heavy atom. The molecule has 4 heteroatoms. The summed E-state index contributed by atoms with van der Waals surface area (Å²) in [6.07, 6.45) is 0. The number of hydrogen-bond acceptors (Lipinski definition) is 3. The molecule has 1 aromatic carbocycles. The molecule has 0 unspecified atom stereocenters. The molecule has 2 nitrogen and oxygen atoms in total. The lowest BCUT2D eigenvalue weighted by atomic mass is 10.4. The topological polar surface area (TPSA) is 21.3 Å². The Balaban J connectivity index is 2.03. The smallest absolute Gasteiger partial charge is 0.0590 e. The van der Waals surface area contributed by atoms with Crippen LogP contribution in [0.3, 0.4) is 0 Å². The minimum absolute atomic E-state index is 0.790. The third kappa shape index (κ3) is 6.38. The van der Waals surface area contributed by atoms with E-state index in [0.717, 1.165) is 37.1 Å². The maximum absolute atomic E-state index is 5.90. The molecule has 0 aliphatic rings. The SMILES string of the molecule is CCOCCNCCSc1cccc(Cl)c1. The summed E-state index contributed by atoms with van der Waals surface area (Å²) in [5, 5.41) is 4.13. The fourth-order valence-corrected chi connectivity index (χ4v) is 2.33. The van der Waals surface area contributed by atoms with Gasteiger partial charge >= 0.3 is 0 Å². The van der Waals surface area contributed by atoms with Crippen molar-refractivity contribution in [2.75, 3.05) is 32.1 Å². The van der Waals surface area contributed by atoms with Crippen LogP contribution in [0.4, 0.5) is 0 Å². The quantitative estimate of drug-likeness (QED) is 0.573. The van der Waals surface area contributed by atoms with Crippen molar-refractivity contribution < 1.29 is 4.74 Å². The molecular formula is C12H18ClNOS. The van der Waals surface area contributed by atoms with E-state index in [1.165, 1.54) is 4.90 Å². The summed E-state index contributed by atoms with van der Waals surface area (Å²) in [5.74, 6) is 1.05. The van der Waals surface area contributed by atoms with Crippen LogP contribution in [0.2, 0.25) is 5.02 Å². The molecule has 0 spiro atoms. The molecule has 0 heterocycles. The van der Waals surface area contributed by atoms with Gasteiger partial charge in [-0.1, -0.05) is 17.7 Å². The summed E-state index contributed by atoms with van der Waals surface area (Å²) in [7, 11) is 0. The Labute approximate surface area is 107 Å². The average Bonchev–Trinajstić information content (AvgIpc) is 2.28. The molecule has 0 saturated heterocycles. The van der Waals surface area contributed by atoms with Gasteiger partial charge in [0.15, 0.2) is 0 Å². The first-order chi connectivity index (χ1) is 7.83. The van der Waals surface area contributed by atoms with Crippen LogP contribution in [0.25, 0.3) is 0 Å². The van der Waals surface area contributed by atoms with Gasteiger partial charge in [-0.05, 0) is 25.1 Å². The van der Waals surface area contributed by atoms with Crippen molar-refractivity contribution in [3.05, 3.63) is 29.3 Å². The molecule has 0 fully saturated rings. The molecular weight excluding hydrogens is 242 g/mol. The van der Waals surface area contributed by atoms with Gasteiger partial charge in [0.25, 0.3) is 0 Å². The second-order valence-corrected chi connectivity index (χ2v) is 4.86. The van der Waals surface area contributed by atoms with Gasteiger partial charge < -0.3 is 10.1 Å². The molecule has 1 rings (SSSR count). The van der Waals surface area contributed by atoms with Gasteiger partial charge in [-0.3, -0.25) is 0 Å². The Kier molecular flexibility index (Phi) is 7.68. The first kappa shape index (κ1) is 13.8. The molecule has 90 valence electrons. The van der Waals surface area contributed by atoms with Crippen LogP contribution in [0.5, 0.6) is 0 Å². The van der Waals surface area contributed by atoms with Crippen LogP contribution in [-0.2, 0) is 4.74 Å². The normalized spacial score (nSPS) is 10.6. The van der Waals surface area contributed by atoms with Gasteiger partial charge in [0.2, 0.25) is 0 Å². The number of hydrogen-bond donors (Lipinski definition) is 1. The predicted octanol–water partition coefficient (Wildman–Crippen LogP) is 3.06. The lowest BCUT2D eigenvalue weighted by Crippen LogP contribution is -2.22. The van der Waals surface area contributed by atoms with Crippen LogP contribution >= 0.6 is 23.4 Å². The average molecular weight is 260 g/mol. The monoisotopic (exact) mass is 259 g/mol. The van der Waals surface area contributed by atoms with Crippen molar-refractivity contribution in [2.24, 2.45) is 0 Å². The first-order valence-corrected chi connectivity index (χ1v) is 6.86. The van der Waals surface area contributed by atoms with E-state index in [0.29, 0.717) is 0 Å². The number of benzene rings is 1. The molecule has 1 aromatic rings. The van der Waals surface area contributed by atoms with E-state index in [1.807, 2.05) is 36.9 Å². The number of halogens is 1.